The van der Waals surface area contributed by atoms with Gasteiger partial charge in [0.1, 0.15) is 0 Å². The van der Waals surface area contributed by atoms with Crippen molar-refractivity contribution in [1.82, 2.24) is 0 Å². The van der Waals surface area contributed by atoms with Crippen molar-refractivity contribution in [3.8, 4) is 0 Å². The second-order valence-electron chi connectivity index (χ2n) is 4.34. The molecule has 1 atom stereocenters. The van der Waals surface area contributed by atoms with Gasteiger partial charge in [0, 0.05) is 0 Å². The summed E-state index contributed by atoms with van der Waals surface area (Å²) in [6.07, 6.45) is -8.02. The van der Waals surface area contributed by atoms with Crippen molar-refractivity contribution in [3.05, 3.63) is 12.4 Å². The van der Waals surface area contributed by atoms with Gasteiger partial charge >= 0.3 is 39.3 Å². The van der Waals surface area contributed by atoms with E-state index >= 15 is 0 Å². The van der Waals surface area contributed by atoms with Crippen LogP contribution in [0.15, 0.2) is 12.4 Å². The van der Waals surface area contributed by atoms with Gasteiger partial charge in [-0.1, -0.05) is 6.58 Å². The lowest BCUT2D eigenvalue weighted by Gasteiger charge is -2.32. The molecule has 15 heteroatoms. The zero-order valence-corrected chi connectivity index (χ0v) is 13.6. The van der Waals surface area contributed by atoms with Crippen LogP contribution in [-0.2, 0) is 33.9 Å². The third kappa shape index (κ3) is 5.57. The number of esters is 2. The van der Waals surface area contributed by atoms with Crippen LogP contribution in [-0.4, -0.2) is 55.3 Å². The van der Waals surface area contributed by atoms with Crippen LogP contribution in [0.1, 0.15) is 13.3 Å². The van der Waals surface area contributed by atoms with Crippen molar-refractivity contribution in [1.29, 1.82) is 0 Å². The van der Waals surface area contributed by atoms with E-state index in [2.05, 4.69) is 20.8 Å². The number of carbonyl (C=O) groups is 2. The van der Waals surface area contributed by atoms with Gasteiger partial charge in [-0.3, -0.25) is 4.55 Å². The van der Waals surface area contributed by atoms with Crippen LogP contribution in [0.4, 0.5) is 26.3 Å². The van der Waals surface area contributed by atoms with Crippen molar-refractivity contribution >= 4 is 22.1 Å². The van der Waals surface area contributed by atoms with Crippen LogP contribution in [0.5, 0.6) is 0 Å². The first-order chi connectivity index (χ1) is 11.5. The Morgan fingerprint density at radius 1 is 1.15 bits per heavy atom. The van der Waals surface area contributed by atoms with Crippen LogP contribution in [0.25, 0.3) is 0 Å². The van der Waals surface area contributed by atoms with E-state index in [1.54, 1.807) is 0 Å². The van der Waals surface area contributed by atoms with E-state index in [9.17, 15) is 44.3 Å². The monoisotopic (exact) mass is 418 g/mol. The van der Waals surface area contributed by atoms with E-state index in [1.807, 2.05) is 0 Å². The molecule has 0 saturated heterocycles. The van der Waals surface area contributed by atoms with Gasteiger partial charge in [0.2, 0.25) is 5.83 Å². The average Bonchev–Trinajstić information content (AvgIpc) is 2.43. The van der Waals surface area contributed by atoms with E-state index in [0.717, 1.165) is 6.92 Å². The van der Waals surface area contributed by atoms with Gasteiger partial charge in [0.15, 0.2) is 0 Å². The minimum absolute atomic E-state index is 0.713. The summed E-state index contributed by atoms with van der Waals surface area (Å²) in [5, 5.41) is -4.95. The fourth-order valence-electron chi connectivity index (χ4n) is 1.24. The fourth-order valence-corrected chi connectivity index (χ4v) is 1.58. The van der Waals surface area contributed by atoms with Gasteiger partial charge in [-0.25, -0.2) is 9.59 Å². The van der Waals surface area contributed by atoms with Gasteiger partial charge in [-0.2, -0.15) is 34.8 Å². The summed E-state index contributed by atoms with van der Waals surface area (Å²) in [4.78, 5) is 22.6. The Kier molecular flexibility index (Phi) is 7.63. The van der Waals surface area contributed by atoms with Crippen LogP contribution >= 0.6 is 0 Å². The summed E-state index contributed by atoms with van der Waals surface area (Å²) in [7, 11) is -6.02. The highest BCUT2D eigenvalue weighted by Gasteiger charge is 2.68. The first-order valence-corrected chi connectivity index (χ1v) is 7.76. The van der Waals surface area contributed by atoms with Gasteiger partial charge in [-0.05, 0) is 6.92 Å². The Morgan fingerprint density at radius 3 is 2.00 bits per heavy atom. The molecule has 0 radical (unpaired) electrons. The highest BCUT2D eigenvalue weighted by Crippen LogP contribution is 2.38. The number of halogens is 6. The maximum atomic E-state index is 13.2. The highest BCUT2D eigenvalue weighted by molar-refractivity contribution is 7.86. The molecule has 8 nitrogen and oxygen atoms in total. The van der Waals surface area contributed by atoms with E-state index < -0.39 is 64.7 Å². The van der Waals surface area contributed by atoms with Gasteiger partial charge in [-0.15, -0.1) is 0 Å². The van der Waals surface area contributed by atoms with Crippen molar-refractivity contribution in [3.63, 3.8) is 0 Å². The molecule has 1 unspecified atom stereocenters. The minimum atomic E-state index is -6.02. The molecule has 152 valence electrons. The zero-order chi connectivity index (χ0) is 21.0. The average molecular weight is 418 g/mol. The van der Waals surface area contributed by atoms with Crippen molar-refractivity contribution < 1.29 is 63.1 Å². The molecule has 0 saturated carbocycles. The van der Waals surface area contributed by atoms with E-state index in [4.69, 9.17) is 4.55 Å². The SMILES string of the molecule is C=C(F)C(=O)OC(OCCC(F)(F)S(=O)(=O)O)(C(=O)OCC)C(F)(F)F. The zero-order valence-electron chi connectivity index (χ0n) is 12.8. The van der Waals surface area contributed by atoms with Gasteiger partial charge < -0.3 is 14.2 Å². The Bertz CT molecular complexity index is 658. The molecule has 0 aliphatic rings. The highest BCUT2D eigenvalue weighted by atomic mass is 32.2. The molecule has 0 bridgehead atoms. The van der Waals surface area contributed by atoms with Gasteiger partial charge in [0.05, 0.1) is 19.6 Å². The van der Waals surface area contributed by atoms with Crippen molar-refractivity contribution in [2.45, 2.75) is 30.6 Å². The quantitative estimate of drug-likeness (QED) is 0.198. The molecule has 0 aromatic carbocycles. The molecule has 0 aromatic heterocycles. The second-order valence-corrected chi connectivity index (χ2v) is 5.89. The number of hydrogen-bond donors (Lipinski definition) is 1. The lowest BCUT2D eigenvalue weighted by atomic mass is 10.2. The van der Waals surface area contributed by atoms with E-state index in [1.165, 1.54) is 0 Å². The summed E-state index contributed by atoms with van der Waals surface area (Å²) in [6, 6.07) is 0. The van der Waals surface area contributed by atoms with Crippen LogP contribution < -0.4 is 0 Å². The minimum Gasteiger partial charge on any atom is -0.461 e. The third-order valence-electron chi connectivity index (χ3n) is 2.45. The smallest absolute Gasteiger partial charge is 0.461 e. The Labute approximate surface area is 142 Å². The Morgan fingerprint density at radius 2 is 1.65 bits per heavy atom. The predicted octanol–water partition coefficient (Wildman–Crippen LogP) is 1.72. The number of carbonyl (C=O) groups excluding carboxylic acids is 2. The molecule has 1 N–H and O–H groups in total. The van der Waals surface area contributed by atoms with E-state index in [0.29, 0.717) is 0 Å². The molecule has 0 aromatic rings. The molecular formula is C11H12F6O8S. The Hall–Kier alpha value is -1.87. The molecule has 0 aliphatic carbocycles. The predicted molar refractivity (Wildman–Crippen MR) is 68.8 cm³/mol. The Balaban J connectivity index is 5.79. The molecule has 26 heavy (non-hydrogen) atoms. The van der Waals surface area contributed by atoms with Crippen LogP contribution in [0.3, 0.4) is 0 Å². The molecule has 0 spiro atoms. The lowest BCUT2D eigenvalue weighted by Crippen LogP contribution is -2.58. The topological polar surface area (TPSA) is 116 Å². The third-order valence-corrected chi connectivity index (χ3v) is 3.41. The number of alkyl halides is 5. The fraction of sp³-hybridized carbons (Fsp3) is 0.636. The van der Waals surface area contributed by atoms with Crippen LogP contribution in [0, 0.1) is 0 Å². The molecule has 0 fully saturated rings. The molecule has 0 amide bonds. The number of ether oxygens (including phenoxy) is 3. The lowest BCUT2D eigenvalue weighted by molar-refractivity contribution is -0.355. The summed E-state index contributed by atoms with van der Waals surface area (Å²) >= 11 is 0. The van der Waals surface area contributed by atoms with Crippen molar-refractivity contribution in [2.24, 2.45) is 0 Å². The maximum absolute atomic E-state index is 13.2. The number of rotatable bonds is 9. The largest absolute Gasteiger partial charge is 0.468 e. The normalized spacial score (nSPS) is 15.1. The maximum Gasteiger partial charge on any atom is 0.468 e. The summed E-state index contributed by atoms with van der Waals surface area (Å²) in [5.41, 5.74) is 0. The molecule has 0 aliphatic heterocycles. The number of hydrogen-bond acceptors (Lipinski definition) is 7. The van der Waals surface area contributed by atoms with Crippen molar-refractivity contribution in [2.75, 3.05) is 13.2 Å². The molecular weight excluding hydrogens is 406 g/mol. The summed E-state index contributed by atoms with van der Waals surface area (Å²) in [6.45, 7) is 0.768. The van der Waals surface area contributed by atoms with E-state index in [-0.39, 0.29) is 0 Å². The summed E-state index contributed by atoms with van der Waals surface area (Å²) in [5.74, 6) is -11.6. The first kappa shape index (κ1) is 24.1. The molecule has 0 rings (SSSR count). The van der Waals surface area contributed by atoms with Crippen LogP contribution in [0.2, 0.25) is 0 Å². The summed E-state index contributed by atoms with van der Waals surface area (Å²) < 4.78 is 119. The molecule has 0 heterocycles. The first-order valence-electron chi connectivity index (χ1n) is 6.32. The van der Waals surface area contributed by atoms with Gasteiger partial charge in [0.25, 0.3) is 0 Å². The second kappa shape index (κ2) is 8.22. The standard InChI is InChI=1S/C11H12F6O8S/c1-3-23-8(19)10(11(15,16)17,25-7(18)6(2)12)24-5-4-9(13,14)26(20,21)22/h2-5H2,1H3,(H,20,21,22).